The van der Waals surface area contributed by atoms with Crippen LogP contribution in [0.2, 0.25) is 0 Å². The lowest BCUT2D eigenvalue weighted by Gasteiger charge is -2.27. The largest absolute Gasteiger partial charge is 0.231 e. The lowest BCUT2D eigenvalue weighted by Crippen LogP contribution is -2.33. The summed E-state index contributed by atoms with van der Waals surface area (Å²) in [7, 11) is 0. The van der Waals surface area contributed by atoms with Crippen molar-refractivity contribution in [1.29, 1.82) is 0 Å². The van der Waals surface area contributed by atoms with Crippen molar-refractivity contribution in [2.45, 2.75) is 17.8 Å². The molecular formula is C17H16ClN3. The average molecular weight is 298 g/mol. The molecule has 0 spiro atoms. The van der Waals surface area contributed by atoms with Crippen molar-refractivity contribution in [3.63, 3.8) is 0 Å². The Kier molecular flexibility index (Phi) is 4.02. The fourth-order valence-electron chi connectivity index (χ4n) is 2.46. The van der Waals surface area contributed by atoms with E-state index >= 15 is 0 Å². The van der Waals surface area contributed by atoms with E-state index in [0.717, 1.165) is 0 Å². The minimum atomic E-state index is -0.654. The first-order chi connectivity index (χ1) is 10.3. The predicted molar refractivity (Wildman–Crippen MR) is 84.1 cm³/mol. The van der Waals surface area contributed by atoms with Gasteiger partial charge < -0.3 is 0 Å². The molecule has 0 aliphatic rings. The van der Waals surface area contributed by atoms with Crippen LogP contribution in [0.3, 0.4) is 0 Å². The monoisotopic (exact) mass is 297 g/mol. The quantitative estimate of drug-likeness (QED) is 0.673. The van der Waals surface area contributed by atoms with Gasteiger partial charge in [0.05, 0.1) is 0 Å². The van der Waals surface area contributed by atoms with E-state index in [1.54, 1.807) is 11.0 Å². The van der Waals surface area contributed by atoms with Gasteiger partial charge >= 0.3 is 0 Å². The van der Waals surface area contributed by atoms with Crippen LogP contribution in [-0.2, 0) is 17.8 Å². The molecule has 0 amide bonds. The molecule has 106 valence electrons. The van der Waals surface area contributed by atoms with E-state index in [2.05, 4.69) is 34.3 Å². The smallest absolute Gasteiger partial charge is 0.145 e. The molecule has 0 fully saturated rings. The molecule has 3 nitrogen and oxygen atoms in total. The molecule has 0 unspecified atom stereocenters. The van der Waals surface area contributed by atoms with Crippen LogP contribution < -0.4 is 0 Å². The molecule has 0 aliphatic carbocycles. The average Bonchev–Trinajstić information content (AvgIpc) is 3.04. The minimum absolute atomic E-state index is 0.654. The molecular weight excluding hydrogens is 282 g/mol. The SMILES string of the molecule is ClC(Cc1ccccc1)(Cc1ccccc1)n1cncn1. The van der Waals surface area contributed by atoms with Crippen molar-refractivity contribution in [1.82, 2.24) is 14.8 Å². The Bertz CT molecular complexity index is 624. The van der Waals surface area contributed by atoms with E-state index in [4.69, 9.17) is 11.6 Å². The molecule has 3 rings (SSSR count). The Labute approximate surface area is 129 Å². The summed E-state index contributed by atoms with van der Waals surface area (Å²) in [6.07, 6.45) is 4.58. The summed E-state index contributed by atoms with van der Waals surface area (Å²) in [5.41, 5.74) is 2.36. The zero-order valence-corrected chi connectivity index (χ0v) is 12.3. The molecule has 4 heteroatoms. The topological polar surface area (TPSA) is 30.7 Å². The van der Waals surface area contributed by atoms with Gasteiger partial charge in [0, 0.05) is 12.8 Å². The van der Waals surface area contributed by atoms with Crippen molar-refractivity contribution < 1.29 is 0 Å². The van der Waals surface area contributed by atoms with Gasteiger partial charge in [-0.2, -0.15) is 5.10 Å². The molecule has 1 aromatic heterocycles. The number of aromatic nitrogens is 3. The van der Waals surface area contributed by atoms with Crippen LogP contribution in [-0.4, -0.2) is 14.8 Å². The van der Waals surface area contributed by atoms with Crippen molar-refractivity contribution in [3.05, 3.63) is 84.4 Å². The van der Waals surface area contributed by atoms with Crippen LogP contribution in [0, 0.1) is 0 Å². The molecule has 1 heterocycles. The van der Waals surface area contributed by atoms with E-state index in [0.29, 0.717) is 12.8 Å². The maximum Gasteiger partial charge on any atom is 0.145 e. The maximum atomic E-state index is 6.94. The molecule has 0 atom stereocenters. The number of hydrogen-bond acceptors (Lipinski definition) is 2. The Morgan fingerprint density at radius 1 is 0.857 bits per heavy atom. The van der Waals surface area contributed by atoms with Crippen LogP contribution in [0.5, 0.6) is 0 Å². The van der Waals surface area contributed by atoms with Crippen LogP contribution in [0.25, 0.3) is 0 Å². The van der Waals surface area contributed by atoms with E-state index in [1.807, 2.05) is 36.4 Å². The summed E-state index contributed by atoms with van der Waals surface area (Å²) in [6, 6.07) is 20.4. The van der Waals surface area contributed by atoms with Gasteiger partial charge in [-0.1, -0.05) is 72.3 Å². The molecule has 0 saturated carbocycles. The van der Waals surface area contributed by atoms with Crippen LogP contribution in [0.4, 0.5) is 0 Å². The number of benzene rings is 2. The summed E-state index contributed by atoms with van der Waals surface area (Å²) in [5.74, 6) is 0. The normalized spacial score (nSPS) is 11.5. The number of halogens is 1. The summed E-state index contributed by atoms with van der Waals surface area (Å²) in [6.45, 7) is 0. The van der Waals surface area contributed by atoms with E-state index < -0.39 is 5.00 Å². The number of rotatable bonds is 5. The number of alkyl halides is 1. The third-order valence-corrected chi connectivity index (χ3v) is 3.91. The van der Waals surface area contributed by atoms with E-state index in [9.17, 15) is 0 Å². The molecule has 0 radical (unpaired) electrons. The van der Waals surface area contributed by atoms with Crippen LogP contribution in [0.1, 0.15) is 11.1 Å². The first-order valence-electron chi connectivity index (χ1n) is 6.88. The lowest BCUT2D eigenvalue weighted by atomic mass is 9.98. The van der Waals surface area contributed by atoms with Gasteiger partial charge in [-0.3, -0.25) is 0 Å². The van der Waals surface area contributed by atoms with Gasteiger partial charge in [-0.15, -0.1) is 0 Å². The van der Waals surface area contributed by atoms with Gasteiger partial charge in [0.1, 0.15) is 17.7 Å². The highest BCUT2D eigenvalue weighted by Gasteiger charge is 2.31. The molecule has 0 bridgehead atoms. The van der Waals surface area contributed by atoms with E-state index in [-0.39, 0.29) is 0 Å². The first kappa shape index (κ1) is 13.8. The summed E-state index contributed by atoms with van der Waals surface area (Å²) < 4.78 is 1.74. The second-order valence-electron chi connectivity index (χ2n) is 5.08. The highest BCUT2D eigenvalue weighted by atomic mass is 35.5. The Balaban J connectivity index is 1.92. The van der Waals surface area contributed by atoms with Crippen molar-refractivity contribution in [2.24, 2.45) is 0 Å². The van der Waals surface area contributed by atoms with Gasteiger partial charge in [0.15, 0.2) is 0 Å². The molecule has 0 N–H and O–H groups in total. The highest BCUT2D eigenvalue weighted by molar-refractivity contribution is 6.22. The zero-order chi connectivity index (χ0) is 14.5. The minimum Gasteiger partial charge on any atom is -0.231 e. The van der Waals surface area contributed by atoms with E-state index in [1.165, 1.54) is 17.5 Å². The van der Waals surface area contributed by atoms with Gasteiger partial charge in [-0.05, 0) is 11.1 Å². The van der Waals surface area contributed by atoms with Gasteiger partial charge in [-0.25, -0.2) is 9.67 Å². The van der Waals surface area contributed by atoms with Crippen LogP contribution >= 0.6 is 11.6 Å². The molecule has 0 aliphatic heterocycles. The molecule has 3 aromatic rings. The Morgan fingerprint density at radius 3 is 1.81 bits per heavy atom. The van der Waals surface area contributed by atoms with Gasteiger partial charge in [0.25, 0.3) is 0 Å². The molecule has 2 aromatic carbocycles. The zero-order valence-electron chi connectivity index (χ0n) is 11.6. The lowest BCUT2D eigenvalue weighted by molar-refractivity contribution is 0.382. The highest BCUT2D eigenvalue weighted by Crippen LogP contribution is 2.30. The Morgan fingerprint density at radius 2 is 1.38 bits per heavy atom. The molecule has 21 heavy (non-hydrogen) atoms. The fourth-order valence-corrected chi connectivity index (χ4v) is 2.85. The molecule has 0 saturated heterocycles. The maximum absolute atomic E-state index is 6.94. The van der Waals surface area contributed by atoms with Crippen molar-refractivity contribution >= 4 is 11.6 Å². The number of hydrogen-bond donors (Lipinski definition) is 0. The Hall–Kier alpha value is -2.13. The second kappa shape index (κ2) is 6.10. The van der Waals surface area contributed by atoms with Crippen molar-refractivity contribution in [3.8, 4) is 0 Å². The van der Waals surface area contributed by atoms with Crippen LogP contribution in [0.15, 0.2) is 73.3 Å². The van der Waals surface area contributed by atoms with Gasteiger partial charge in [0.2, 0.25) is 0 Å². The second-order valence-corrected chi connectivity index (χ2v) is 5.79. The predicted octanol–water partition coefficient (Wildman–Crippen LogP) is 3.66. The number of nitrogens with zero attached hydrogens (tertiary/aromatic N) is 3. The van der Waals surface area contributed by atoms with Crippen molar-refractivity contribution in [2.75, 3.05) is 0 Å². The summed E-state index contributed by atoms with van der Waals surface area (Å²) in [5, 5.41) is 4.25. The summed E-state index contributed by atoms with van der Waals surface area (Å²) in [4.78, 5) is 3.39. The first-order valence-corrected chi connectivity index (χ1v) is 7.26. The standard InChI is InChI=1S/C17H16ClN3/c18-17(21-14-19-13-20-21,11-15-7-3-1-4-8-15)12-16-9-5-2-6-10-16/h1-10,13-14H,11-12H2. The third-order valence-electron chi connectivity index (χ3n) is 3.46. The fraction of sp³-hybridized carbons (Fsp3) is 0.176. The third kappa shape index (κ3) is 3.31. The summed E-state index contributed by atoms with van der Waals surface area (Å²) >= 11 is 6.94.